The van der Waals surface area contributed by atoms with Crippen LogP contribution in [-0.2, 0) is 4.79 Å². The quantitative estimate of drug-likeness (QED) is 0.805. The summed E-state index contributed by atoms with van der Waals surface area (Å²) in [5.41, 5.74) is 2.01. The van der Waals surface area contributed by atoms with Crippen molar-refractivity contribution in [3.05, 3.63) is 35.7 Å². The second-order valence-corrected chi connectivity index (χ2v) is 4.66. The molecule has 0 aliphatic heterocycles. The normalized spacial score (nSPS) is 10.2. The predicted molar refractivity (Wildman–Crippen MR) is 70.3 cm³/mol. The number of carbonyl (C=O) groups is 1. The van der Waals surface area contributed by atoms with Gasteiger partial charge in [0.2, 0.25) is 0 Å². The van der Waals surface area contributed by atoms with E-state index in [1.807, 2.05) is 35.7 Å². The summed E-state index contributed by atoms with van der Waals surface area (Å²) in [6.07, 6.45) is 0.618. The van der Waals surface area contributed by atoms with Crippen LogP contribution in [-0.4, -0.2) is 17.5 Å². The van der Waals surface area contributed by atoms with E-state index in [2.05, 4.69) is 10.3 Å². The van der Waals surface area contributed by atoms with Gasteiger partial charge in [-0.25, -0.2) is 4.98 Å². The summed E-state index contributed by atoms with van der Waals surface area (Å²) in [6.45, 7) is 0.593. The van der Waals surface area contributed by atoms with Gasteiger partial charge in [0.05, 0.1) is 5.69 Å². The molecular weight excluding hydrogens is 248 g/mol. The second-order valence-electron chi connectivity index (χ2n) is 3.81. The van der Waals surface area contributed by atoms with Gasteiger partial charge >= 0.3 is 0 Å². The van der Waals surface area contributed by atoms with E-state index >= 15 is 0 Å². The summed E-state index contributed by atoms with van der Waals surface area (Å²) >= 11 is 1.52. The fraction of sp³-hybridized carbons (Fsp3) is 0.231. The molecule has 2 rings (SSSR count). The van der Waals surface area contributed by atoms with Crippen molar-refractivity contribution in [3.63, 3.8) is 0 Å². The molecule has 0 amide bonds. The summed E-state index contributed by atoms with van der Waals surface area (Å²) in [5, 5.41) is 16.1. The van der Waals surface area contributed by atoms with Gasteiger partial charge in [0.1, 0.15) is 0 Å². The van der Waals surface area contributed by atoms with Crippen LogP contribution < -0.4 is 10.4 Å². The lowest BCUT2D eigenvalue weighted by Gasteiger charge is -2.03. The van der Waals surface area contributed by atoms with E-state index in [-0.39, 0.29) is 6.42 Å². The molecule has 18 heavy (non-hydrogen) atoms. The van der Waals surface area contributed by atoms with Crippen LogP contribution in [0, 0.1) is 0 Å². The fourth-order valence-corrected chi connectivity index (χ4v) is 2.27. The lowest BCUT2D eigenvalue weighted by atomic mass is 10.2. The fourth-order valence-electron chi connectivity index (χ4n) is 1.52. The zero-order valence-corrected chi connectivity index (χ0v) is 10.6. The third kappa shape index (κ3) is 3.56. The molecule has 0 atom stereocenters. The number of aliphatic carboxylic acids is 1. The van der Waals surface area contributed by atoms with Gasteiger partial charge in [0.25, 0.3) is 0 Å². The highest BCUT2D eigenvalue weighted by molar-refractivity contribution is 7.14. The van der Waals surface area contributed by atoms with Crippen LogP contribution in [0.4, 0.5) is 5.13 Å². The third-order valence-corrected chi connectivity index (χ3v) is 3.21. The maximum absolute atomic E-state index is 10.2. The van der Waals surface area contributed by atoms with Crippen LogP contribution >= 0.6 is 11.3 Å². The summed E-state index contributed by atoms with van der Waals surface area (Å²) in [4.78, 5) is 14.7. The van der Waals surface area contributed by atoms with Gasteiger partial charge in [-0.1, -0.05) is 30.3 Å². The number of hydrogen-bond acceptors (Lipinski definition) is 5. The first-order valence-corrected chi connectivity index (χ1v) is 6.58. The number of hydrogen-bond donors (Lipinski definition) is 1. The van der Waals surface area contributed by atoms with Gasteiger partial charge in [-0.3, -0.25) is 0 Å². The number of carbonyl (C=O) groups excluding carboxylic acids is 1. The van der Waals surface area contributed by atoms with Gasteiger partial charge < -0.3 is 15.2 Å². The van der Waals surface area contributed by atoms with E-state index in [9.17, 15) is 9.90 Å². The third-order valence-electron chi connectivity index (χ3n) is 2.41. The Labute approximate surface area is 109 Å². The number of aromatic nitrogens is 1. The number of nitrogens with one attached hydrogen (secondary N) is 1. The Kier molecular flexibility index (Phi) is 4.30. The molecule has 0 radical (unpaired) electrons. The Morgan fingerprint density at radius 1 is 1.33 bits per heavy atom. The number of carboxylic acid groups (broad SMARTS) is 1. The molecule has 94 valence electrons. The van der Waals surface area contributed by atoms with Crippen molar-refractivity contribution in [1.29, 1.82) is 0 Å². The highest BCUT2D eigenvalue weighted by Crippen LogP contribution is 2.24. The Bertz CT molecular complexity index is 511. The molecule has 0 unspecified atom stereocenters. The largest absolute Gasteiger partial charge is 0.550 e. The summed E-state index contributed by atoms with van der Waals surface area (Å²) in [6, 6.07) is 9.93. The standard InChI is InChI=1S/C13H14N2O2S/c16-12(17)7-4-8-14-13-15-11(9-18-13)10-5-2-1-3-6-10/h1-3,5-6,9H,4,7-8H2,(H,14,15)(H,16,17)/p-1. The van der Waals surface area contributed by atoms with Crippen molar-refractivity contribution in [2.45, 2.75) is 12.8 Å². The van der Waals surface area contributed by atoms with Crippen molar-refractivity contribution >= 4 is 22.4 Å². The highest BCUT2D eigenvalue weighted by atomic mass is 32.1. The minimum absolute atomic E-state index is 0.0733. The highest BCUT2D eigenvalue weighted by Gasteiger charge is 2.03. The van der Waals surface area contributed by atoms with Crippen LogP contribution in [0.15, 0.2) is 35.7 Å². The first kappa shape index (κ1) is 12.6. The summed E-state index contributed by atoms with van der Waals surface area (Å²) in [7, 11) is 0. The van der Waals surface area contributed by atoms with E-state index in [0.29, 0.717) is 13.0 Å². The first-order valence-electron chi connectivity index (χ1n) is 5.70. The van der Waals surface area contributed by atoms with Gasteiger partial charge in [-0.15, -0.1) is 11.3 Å². The molecule has 1 aromatic carbocycles. The number of nitrogens with zero attached hydrogens (tertiary/aromatic N) is 1. The second kappa shape index (κ2) is 6.16. The van der Waals surface area contributed by atoms with Crippen molar-refractivity contribution in [1.82, 2.24) is 4.98 Å². The Morgan fingerprint density at radius 3 is 2.83 bits per heavy atom. The molecular formula is C13H13N2O2S-. The van der Waals surface area contributed by atoms with Crippen LogP contribution in [0.5, 0.6) is 0 Å². The number of carboxylic acids is 1. The smallest absolute Gasteiger partial charge is 0.183 e. The van der Waals surface area contributed by atoms with Crippen LogP contribution in [0.1, 0.15) is 12.8 Å². The molecule has 0 spiro atoms. The lowest BCUT2D eigenvalue weighted by Crippen LogP contribution is -2.22. The van der Waals surface area contributed by atoms with Gasteiger partial charge in [-0.05, 0) is 12.8 Å². The topological polar surface area (TPSA) is 65.0 Å². The molecule has 0 fully saturated rings. The molecule has 2 aromatic rings. The zero-order chi connectivity index (χ0) is 12.8. The monoisotopic (exact) mass is 261 g/mol. The number of thiazole rings is 1. The SMILES string of the molecule is O=C([O-])CCCNc1nc(-c2ccccc2)cs1. The number of benzene rings is 1. The Hall–Kier alpha value is -1.88. The lowest BCUT2D eigenvalue weighted by molar-refractivity contribution is -0.305. The molecule has 1 N–H and O–H groups in total. The molecule has 1 aromatic heterocycles. The van der Waals surface area contributed by atoms with Crippen molar-refractivity contribution in [2.24, 2.45) is 0 Å². The van der Waals surface area contributed by atoms with Gasteiger partial charge in [0, 0.05) is 23.5 Å². The van der Waals surface area contributed by atoms with Gasteiger partial charge in [-0.2, -0.15) is 0 Å². The molecule has 0 aliphatic carbocycles. The van der Waals surface area contributed by atoms with Crippen LogP contribution in [0.3, 0.4) is 0 Å². The maximum Gasteiger partial charge on any atom is 0.183 e. The average molecular weight is 261 g/mol. The van der Waals surface area contributed by atoms with Crippen molar-refractivity contribution < 1.29 is 9.90 Å². The first-order chi connectivity index (χ1) is 8.75. The minimum atomic E-state index is -1.01. The van der Waals surface area contributed by atoms with Gasteiger partial charge in [0.15, 0.2) is 5.13 Å². The van der Waals surface area contributed by atoms with E-state index in [4.69, 9.17) is 0 Å². The molecule has 0 saturated carbocycles. The maximum atomic E-state index is 10.2. The van der Waals surface area contributed by atoms with Crippen molar-refractivity contribution in [3.8, 4) is 11.3 Å². The average Bonchev–Trinajstić information content (AvgIpc) is 2.84. The molecule has 1 heterocycles. The number of anilines is 1. The summed E-state index contributed by atoms with van der Waals surface area (Å²) < 4.78 is 0. The molecule has 0 saturated heterocycles. The molecule has 0 bridgehead atoms. The predicted octanol–water partition coefficient (Wildman–Crippen LogP) is 1.75. The van der Waals surface area contributed by atoms with Crippen molar-refractivity contribution in [2.75, 3.05) is 11.9 Å². The molecule has 0 aliphatic rings. The molecule has 5 heteroatoms. The van der Waals surface area contributed by atoms with E-state index in [0.717, 1.165) is 16.4 Å². The Morgan fingerprint density at radius 2 is 2.11 bits per heavy atom. The minimum Gasteiger partial charge on any atom is -0.550 e. The van der Waals surface area contributed by atoms with E-state index < -0.39 is 5.97 Å². The number of rotatable bonds is 6. The van der Waals surface area contributed by atoms with E-state index in [1.165, 1.54) is 11.3 Å². The zero-order valence-electron chi connectivity index (χ0n) is 9.76. The van der Waals surface area contributed by atoms with Crippen LogP contribution in [0.25, 0.3) is 11.3 Å². The van der Waals surface area contributed by atoms with Crippen LogP contribution in [0.2, 0.25) is 0 Å². The Balaban J connectivity index is 1.89. The van der Waals surface area contributed by atoms with E-state index in [1.54, 1.807) is 0 Å². The molecule has 4 nitrogen and oxygen atoms in total. The summed E-state index contributed by atoms with van der Waals surface area (Å²) in [5.74, 6) is -1.01.